The zero-order valence-electron chi connectivity index (χ0n) is 15.8. The molecule has 0 fully saturated rings. The van der Waals surface area contributed by atoms with Crippen LogP contribution in [0.15, 0.2) is 42.6 Å². The quantitative estimate of drug-likeness (QED) is 0.722. The normalized spacial score (nSPS) is 16.6. The van der Waals surface area contributed by atoms with Gasteiger partial charge in [-0.3, -0.25) is 14.5 Å². The Kier molecular flexibility index (Phi) is 4.68. The number of aromatic nitrogens is 4. The maximum atomic E-state index is 12.8. The summed E-state index contributed by atoms with van der Waals surface area (Å²) >= 11 is 0. The lowest BCUT2D eigenvalue weighted by atomic mass is 10.1. The fourth-order valence-corrected chi connectivity index (χ4v) is 3.47. The Morgan fingerprint density at radius 2 is 2.07 bits per heavy atom. The Bertz CT molecular complexity index is 1010. The summed E-state index contributed by atoms with van der Waals surface area (Å²) in [7, 11) is 1.73. The minimum absolute atomic E-state index is 0.112. The number of fused-ring (bicyclic) bond motifs is 1. The molecule has 28 heavy (non-hydrogen) atoms. The van der Waals surface area contributed by atoms with Crippen LogP contribution in [-0.2, 0) is 17.8 Å². The molecule has 0 saturated heterocycles. The topological polar surface area (TPSA) is 95.9 Å². The number of nitrogens with one attached hydrogen (secondary N) is 2. The zero-order valence-corrected chi connectivity index (χ0v) is 15.8. The van der Waals surface area contributed by atoms with Crippen LogP contribution in [0.25, 0.3) is 0 Å². The highest BCUT2D eigenvalue weighted by Gasteiger charge is 2.30. The molecule has 3 heterocycles. The molecule has 0 aliphatic carbocycles. The lowest BCUT2D eigenvalue weighted by Crippen LogP contribution is -2.47. The Balaban J connectivity index is 1.44. The van der Waals surface area contributed by atoms with Crippen molar-refractivity contribution in [1.29, 1.82) is 0 Å². The van der Waals surface area contributed by atoms with Gasteiger partial charge in [0.2, 0.25) is 11.7 Å². The Morgan fingerprint density at radius 3 is 2.86 bits per heavy atom. The van der Waals surface area contributed by atoms with Gasteiger partial charge in [-0.1, -0.05) is 30.3 Å². The van der Waals surface area contributed by atoms with E-state index in [2.05, 4.69) is 20.5 Å². The zero-order chi connectivity index (χ0) is 19.7. The van der Waals surface area contributed by atoms with Gasteiger partial charge in [0.1, 0.15) is 17.7 Å². The van der Waals surface area contributed by atoms with Gasteiger partial charge in [-0.25, -0.2) is 0 Å². The number of H-pyrrole nitrogens is 1. The number of carbonyl (C=O) groups is 2. The van der Waals surface area contributed by atoms with Crippen LogP contribution in [0.5, 0.6) is 0 Å². The molecular formula is C20H22N6O2. The first-order valence-corrected chi connectivity index (χ1v) is 9.22. The molecule has 4 rings (SSSR count). The number of amides is 2. The second-order valence-corrected chi connectivity index (χ2v) is 7.06. The summed E-state index contributed by atoms with van der Waals surface area (Å²) in [5, 5.41) is 10.8. The molecular weight excluding hydrogens is 356 g/mol. The van der Waals surface area contributed by atoms with Crippen LogP contribution in [0.4, 0.5) is 5.82 Å². The standard InChI is InChI=1S/C20H22N6O2/c1-13-10-17-25(2)20(28)15(8-9-26(17)12-13)21-19(27)18-22-16(23-24-18)11-14-6-4-3-5-7-14/h3-7,10,12,15H,8-9,11H2,1-2H3,(H,21,27)(H,22,23,24)/t15-/m0/s1. The number of aromatic amines is 1. The van der Waals surface area contributed by atoms with Crippen LogP contribution in [-0.4, -0.2) is 44.7 Å². The molecule has 1 aliphatic rings. The summed E-state index contributed by atoms with van der Waals surface area (Å²) in [6, 6.07) is 11.2. The van der Waals surface area contributed by atoms with E-state index in [4.69, 9.17) is 0 Å². The minimum Gasteiger partial charge on any atom is -0.337 e. The van der Waals surface area contributed by atoms with E-state index in [1.807, 2.05) is 54.1 Å². The summed E-state index contributed by atoms with van der Waals surface area (Å²) in [5.41, 5.74) is 2.17. The van der Waals surface area contributed by atoms with E-state index >= 15 is 0 Å². The van der Waals surface area contributed by atoms with E-state index in [-0.39, 0.29) is 11.7 Å². The van der Waals surface area contributed by atoms with Gasteiger partial charge in [0, 0.05) is 26.2 Å². The molecule has 0 bridgehead atoms. The van der Waals surface area contributed by atoms with E-state index in [1.165, 1.54) is 0 Å². The van der Waals surface area contributed by atoms with Crippen molar-refractivity contribution >= 4 is 17.6 Å². The van der Waals surface area contributed by atoms with Crippen LogP contribution in [0.3, 0.4) is 0 Å². The first kappa shape index (κ1) is 18.0. The molecule has 1 aromatic carbocycles. The van der Waals surface area contributed by atoms with Crippen LogP contribution < -0.4 is 10.2 Å². The number of benzene rings is 1. The molecule has 1 atom stereocenters. The monoisotopic (exact) mass is 378 g/mol. The molecule has 8 nitrogen and oxygen atoms in total. The molecule has 2 N–H and O–H groups in total. The van der Waals surface area contributed by atoms with Gasteiger partial charge in [-0.15, -0.1) is 10.2 Å². The third-order valence-electron chi connectivity index (χ3n) is 4.91. The summed E-state index contributed by atoms with van der Waals surface area (Å²) in [4.78, 5) is 29.9. The van der Waals surface area contributed by atoms with Crippen molar-refractivity contribution in [3.05, 3.63) is 65.4 Å². The molecule has 8 heteroatoms. The van der Waals surface area contributed by atoms with E-state index in [1.54, 1.807) is 11.9 Å². The molecule has 3 aromatic rings. The summed E-state index contributed by atoms with van der Waals surface area (Å²) in [6.07, 6.45) is 3.08. The highest BCUT2D eigenvalue weighted by atomic mass is 16.2. The average molecular weight is 378 g/mol. The highest BCUT2D eigenvalue weighted by Crippen LogP contribution is 2.23. The Labute approximate surface area is 162 Å². The molecule has 0 saturated carbocycles. The first-order valence-electron chi connectivity index (χ1n) is 9.22. The fourth-order valence-electron chi connectivity index (χ4n) is 3.47. The number of aryl methyl sites for hydroxylation is 2. The molecule has 0 spiro atoms. The van der Waals surface area contributed by atoms with Crippen molar-refractivity contribution in [3.8, 4) is 0 Å². The van der Waals surface area contributed by atoms with Crippen molar-refractivity contribution in [3.63, 3.8) is 0 Å². The third-order valence-corrected chi connectivity index (χ3v) is 4.91. The number of nitrogens with zero attached hydrogens (tertiary/aromatic N) is 4. The molecule has 0 unspecified atom stereocenters. The van der Waals surface area contributed by atoms with Gasteiger partial charge in [0.15, 0.2) is 0 Å². The maximum absolute atomic E-state index is 12.8. The van der Waals surface area contributed by atoms with Crippen molar-refractivity contribution in [2.24, 2.45) is 0 Å². The average Bonchev–Trinajstić information content (AvgIpc) is 3.28. The summed E-state index contributed by atoms with van der Waals surface area (Å²) < 4.78 is 2.03. The summed E-state index contributed by atoms with van der Waals surface area (Å²) in [5.74, 6) is 0.979. The van der Waals surface area contributed by atoms with Gasteiger partial charge in [0.25, 0.3) is 5.91 Å². The van der Waals surface area contributed by atoms with E-state index in [0.29, 0.717) is 25.2 Å². The minimum atomic E-state index is -0.611. The van der Waals surface area contributed by atoms with Crippen LogP contribution in [0, 0.1) is 6.92 Å². The maximum Gasteiger partial charge on any atom is 0.289 e. The summed E-state index contributed by atoms with van der Waals surface area (Å²) in [6.45, 7) is 2.65. The second-order valence-electron chi connectivity index (χ2n) is 7.06. The molecule has 0 radical (unpaired) electrons. The highest BCUT2D eigenvalue weighted by molar-refractivity contribution is 6.00. The number of hydrogen-bond donors (Lipinski definition) is 2. The first-order chi connectivity index (χ1) is 13.5. The predicted octanol–water partition coefficient (Wildman–Crippen LogP) is 1.67. The van der Waals surface area contributed by atoms with Gasteiger partial charge >= 0.3 is 0 Å². The van der Waals surface area contributed by atoms with Crippen LogP contribution in [0.1, 0.15) is 34.0 Å². The third kappa shape index (κ3) is 3.53. The van der Waals surface area contributed by atoms with E-state index in [0.717, 1.165) is 16.9 Å². The number of likely N-dealkylation sites (N-methyl/N-ethyl adjacent to an activating group) is 1. The Hall–Kier alpha value is -3.42. The van der Waals surface area contributed by atoms with Crippen LogP contribution >= 0.6 is 0 Å². The fraction of sp³-hybridized carbons (Fsp3) is 0.300. The second kappa shape index (κ2) is 7.30. The predicted molar refractivity (Wildman–Crippen MR) is 104 cm³/mol. The van der Waals surface area contributed by atoms with Crippen molar-refractivity contribution in [1.82, 2.24) is 25.1 Å². The van der Waals surface area contributed by atoms with E-state index in [9.17, 15) is 9.59 Å². The number of anilines is 1. The number of hydrogen-bond acceptors (Lipinski definition) is 4. The molecule has 2 aromatic heterocycles. The van der Waals surface area contributed by atoms with Crippen molar-refractivity contribution < 1.29 is 9.59 Å². The number of rotatable bonds is 4. The van der Waals surface area contributed by atoms with Gasteiger partial charge in [-0.05, 0) is 30.5 Å². The van der Waals surface area contributed by atoms with Gasteiger partial charge < -0.3 is 14.9 Å². The van der Waals surface area contributed by atoms with Crippen molar-refractivity contribution in [2.75, 3.05) is 11.9 Å². The van der Waals surface area contributed by atoms with Gasteiger partial charge in [-0.2, -0.15) is 0 Å². The largest absolute Gasteiger partial charge is 0.337 e. The SMILES string of the molecule is Cc1cc2n(c1)CC[C@H](NC(=O)c1nnc(Cc3ccccc3)[nH]1)C(=O)N2C. The van der Waals surface area contributed by atoms with E-state index < -0.39 is 11.9 Å². The lowest BCUT2D eigenvalue weighted by Gasteiger charge is -2.20. The molecule has 144 valence electrons. The van der Waals surface area contributed by atoms with Gasteiger partial charge in [0.05, 0.1) is 0 Å². The van der Waals surface area contributed by atoms with Crippen LogP contribution in [0.2, 0.25) is 0 Å². The Morgan fingerprint density at radius 1 is 1.29 bits per heavy atom. The molecule has 2 amide bonds. The lowest BCUT2D eigenvalue weighted by molar-refractivity contribution is -0.120. The number of carbonyl (C=O) groups excluding carboxylic acids is 2. The molecule has 1 aliphatic heterocycles. The smallest absolute Gasteiger partial charge is 0.289 e. The van der Waals surface area contributed by atoms with Crippen molar-refractivity contribution in [2.45, 2.75) is 32.4 Å².